The molecule has 28 heavy (non-hydrogen) atoms. The summed E-state index contributed by atoms with van der Waals surface area (Å²) in [5.74, 6) is 0.113. The Balaban J connectivity index is 2.14. The minimum atomic E-state index is -4.49. The highest BCUT2D eigenvalue weighted by molar-refractivity contribution is 5.77. The quantitative estimate of drug-likeness (QED) is 0.659. The van der Waals surface area contributed by atoms with Crippen molar-refractivity contribution in [1.82, 2.24) is 19.7 Å². The molecule has 0 aliphatic carbocycles. The highest BCUT2D eigenvalue weighted by atomic mass is 19.4. The molecule has 2 aromatic heterocycles. The van der Waals surface area contributed by atoms with Gasteiger partial charge in [-0.3, -0.25) is 4.79 Å². The third-order valence-corrected chi connectivity index (χ3v) is 4.21. The highest BCUT2D eigenvalue weighted by Crippen LogP contribution is 2.32. The van der Waals surface area contributed by atoms with Crippen molar-refractivity contribution in [2.45, 2.75) is 32.2 Å². The van der Waals surface area contributed by atoms with Gasteiger partial charge in [0.05, 0.1) is 11.6 Å². The molecule has 0 amide bonds. The number of aromatic amines is 1. The van der Waals surface area contributed by atoms with E-state index in [1.807, 2.05) is 0 Å². The zero-order valence-electron chi connectivity index (χ0n) is 14.7. The number of methoxy groups -OCH3 is 1. The zero-order chi connectivity index (χ0) is 20.6. The van der Waals surface area contributed by atoms with Gasteiger partial charge in [-0.15, -0.1) is 0 Å². The first-order valence-corrected chi connectivity index (χ1v) is 8.09. The Morgan fingerprint density at radius 2 is 1.86 bits per heavy atom. The van der Waals surface area contributed by atoms with Crippen LogP contribution in [0.5, 0.6) is 0 Å². The van der Waals surface area contributed by atoms with Gasteiger partial charge in [0, 0.05) is 7.11 Å². The van der Waals surface area contributed by atoms with Crippen LogP contribution in [0.1, 0.15) is 42.0 Å². The molecule has 0 aliphatic rings. The lowest BCUT2D eigenvalue weighted by Gasteiger charge is -2.15. The first kappa shape index (κ1) is 19.9. The molecule has 0 fully saturated rings. The number of alkyl halides is 5. The Morgan fingerprint density at radius 1 is 1.21 bits per heavy atom. The Bertz CT molecular complexity index is 1040. The maximum atomic E-state index is 13.4. The number of ether oxygens (including phenoxy) is 1. The predicted molar refractivity (Wildman–Crippen MR) is 89.1 cm³/mol. The average Bonchev–Trinajstić information content (AvgIpc) is 3.01. The molecule has 0 aliphatic heterocycles. The molecule has 0 saturated carbocycles. The van der Waals surface area contributed by atoms with Gasteiger partial charge in [-0.1, -0.05) is 12.1 Å². The number of hydrogen-bond donors (Lipinski definition) is 1. The molecule has 3 aromatic rings. The monoisotopic (exact) mass is 402 g/mol. The number of halogens is 5. The maximum absolute atomic E-state index is 13.4. The molecular formula is C17H15F5N4O2. The summed E-state index contributed by atoms with van der Waals surface area (Å²) < 4.78 is 71.0. The fraction of sp³-hybridized carbons (Fsp3) is 0.353. The topological polar surface area (TPSA) is 72.8 Å². The fourth-order valence-electron chi connectivity index (χ4n) is 2.84. The van der Waals surface area contributed by atoms with Gasteiger partial charge in [-0.05, 0) is 24.6 Å². The maximum Gasteiger partial charge on any atom is 0.416 e. The molecule has 1 N–H and O–H groups in total. The molecule has 11 heteroatoms. The van der Waals surface area contributed by atoms with Gasteiger partial charge in [0.15, 0.2) is 5.65 Å². The van der Waals surface area contributed by atoms with E-state index in [2.05, 4.69) is 15.1 Å². The lowest BCUT2D eigenvalue weighted by Crippen LogP contribution is -2.15. The summed E-state index contributed by atoms with van der Waals surface area (Å²) in [6.45, 7) is 1.50. The summed E-state index contributed by atoms with van der Waals surface area (Å²) in [4.78, 5) is 18.8. The second-order valence-electron chi connectivity index (χ2n) is 6.07. The summed E-state index contributed by atoms with van der Waals surface area (Å²) in [7, 11) is 1.37. The summed E-state index contributed by atoms with van der Waals surface area (Å²) in [5.41, 5.74) is -2.09. The van der Waals surface area contributed by atoms with Crippen LogP contribution >= 0.6 is 0 Å². The van der Waals surface area contributed by atoms with Crippen molar-refractivity contribution in [2.24, 2.45) is 0 Å². The zero-order valence-corrected chi connectivity index (χ0v) is 14.7. The van der Waals surface area contributed by atoms with Gasteiger partial charge in [-0.25, -0.2) is 18.4 Å². The van der Waals surface area contributed by atoms with Crippen LogP contribution in [0.25, 0.3) is 11.0 Å². The molecule has 0 bridgehead atoms. The number of benzene rings is 1. The lowest BCUT2D eigenvalue weighted by atomic mass is 10.1. The Morgan fingerprint density at radius 3 is 2.39 bits per heavy atom. The molecule has 1 aromatic carbocycles. The molecule has 0 radical (unpaired) electrons. The van der Waals surface area contributed by atoms with Crippen LogP contribution in [0.15, 0.2) is 29.1 Å². The number of nitrogens with zero attached hydrogens (tertiary/aromatic N) is 3. The lowest BCUT2D eigenvalue weighted by molar-refractivity contribution is -0.137. The smallest absolute Gasteiger partial charge is 0.377 e. The Hall–Kier alpha value is -2.82. The van der Waals surface area contributed by atoms with Crippen LogP contribution in [-0.4, -0.2) is 26.9 Å². The first-order valence-electron chi connectivity index (χ1n) is 8.09. The molecule has 2 heterocycles. The van der Waals surface area contributed by atoms with E-state index < -0.39 is 35.5 Å². The average molecular weight is 402 g/mol. The minimum absolute atomic E-state index is 0.0605. The van der Waals surface area contributed by atoms with Gasteiger partial charge >= 0.3 is 6.18 Å². The van der Waals surface area contributed by atoms with Gasteiger partial charge in [0.2, 0.25) is 0 Å². The Kier molecular flexibility index (Phi) is 5.20. The third kappa shape index (κ3) is 3.61. The van der Waals surface area contributed by atoms with Crippen LogP contribution in [0.3, 0.4) is 0 Å². The van der Waals surface area contributed by atoms with Crippen LogP contribution in [0, 0.1) is 0 Å². The van der Waals surface area contributed by atoms with E-state index >= 15 is 0 Å². The molecule has 6 nitrogen and oxygen atoms in total. The van der Waals surface area contributed by atoms with Crippen LogP contribution in [0.2, 0.25) is 0 Å². The van der Waals surface area contributed by atoms with Gasteiger partial charge < -0.3 is 9.72 Å². The first-order chi connectivity index (χ1) is 13.1. The number of hydrogen-bond acceptors (Lipinski definition) is 4. The number of fused-ring (bicyclic) bond motifs is 1. The molecule has 1 atom stereocenters. The molecule has 150 valence electrons. The van der Waals surface area contributed by atoms with E-state index in [1.165, 1.54) is 19.2 Å². The van der Waals surface area contributed by atoms with E-state index in [0.29, 0.717) is 5.56 Å². The van der Waals surface area contributed by atoms with E-state index in [4.69, 9.17) is 4.74 Å². The van der Waals surface area contributed by atoms with Crippen LogP contribution < -0.4 is 5.56 Å². The summed E-state index contributed by atoms with van der Waals surface area (Å²) >= 11 is 0. The SMILES string of the molecule is COCc1nc2c(c(C(F)F)nn2[C@H](C)c2ccc(C(F)(F)F)cc2)c(=O)[nH]1. The van der Waals surface area contributed by atoms with Crippen molar-refractivity contribution >= 4 is 11.0 Å². The largest absolute Gasteiger partial charge is 0.416 e. The molecule has 3 rings (SSSR count). The second-order valence-corrected chi connectivity index (χ2v) is 6.07. The van der Waals surface area contributed by atoms with Crippen LogP contribution in [-0.2, 0) is 17.5 Å². The van der Waals surface area contributed by atoms with Crippen molar-refractivity contribution < 1.29 is 26.7 Å². The van der Waals surface area contributed by atoms with Gasteiger partial charge in [-0.2, -0.15) is 18.3 Å². The molecule has 0 unspecified atom stereocenters. The summed E-state index contributed by atoms with van der Waals surface area (Å²) in [5, 5.41) is 3.45. The molecular weight excluding hydrogens is 387 g/mol. The molecule has 0 spiro atoms. The fourth-order valence-corrected chi connectivity index (χ4v) is 2.84. The molecule has 0 saturated heterocycles. The van der Waals surface area contributed by atoms with Crippen molar-refractivity contribution in [2.75, 3.05) is 7.11 Å². The van der Waals surface area contributed by atoms with Gasteiger partial charge in [0.1, 0.15) is 23.5 Å². The number of nitrogens with one attached hydrogen (secondary N) is 1. The van der Waals surface area contributed by atoms with Crippen LogP contribution in [0.4, 0.5) is 22.0 Å². The van der Waals surface area contributed by atoms with Crippen molar-refractivity contribution in [3.05, 3.63) is 57.3 Å². The second kappa shape index (κ2) is 7.30. The van der Waals surface area contributed by atoms with E-state index in [-0.39, 0.29) is 23.5 Å². The van der Waals surface area contributed by atoms with E-state index in [1.54, 1.807) is 6.92 Å². The van der Waals surface area contributed by atoms with Crippen molar-refractivity contribution in [3.8, 4) is 0 Å². The standard InChI is InChI=1S/C17H15F5N4O2/c1-8(9-3-5-10(6-4-9)17(20,21)22)26-15-12(13(25-26)14(18)19)16(27)24-11(23-15)7-28-2/h3-6,8,14H,7H2,1-2H3,(H,23,24,27)/t8-/m1/s1. The van der Waals surface area contributed by atoms with E-state index in [9.17, 15) is 26.7 Å². The normalized spacial score (nSPS) is 13.4. The third-order valence-electron chi connectivity index (χ3n) is 4.21. The number of aromatic nitrogens is 4. The Labute approximate surface area is 155 Å². The summed E-state index contributed by atoms with van der Waals surface area (Å²) in [6.07, 6.45) is -7.52. The highest BCUT2D eigenvalue weighted by Gasteiger charge is 2.31. The van der Waals surface area contributed by atoms with Crippen molar-refractivity contribution in [1.29, 1.82) is 0 Å². The minimum Gasteiger partial charge on any atom is -0.377 e. The predicted octanol–water partition coefficient (Wildman–Crippen LogP) is 3.83. The van der Waals surface area contributed by atoms with E-state index in [0.717, 1.165) is 16.8 Å². The summed E-state index contributed by atoms with van der Waals surface area (Å²) in [6, 6.07) is 3.49. The van der Waals surface area contributed by atoms with Crippen molar-refractivity contribution in [3.63, 3.8) is 0 Å². The van der Waals surface area contributed by atoms with Gasteiger partial charge in [0.25, 0.3) is 12.0 Å². The number of H-pyrrole nitrogens is 1. The number of rotatable bonds is 5.